The van der Waals surface area contributed by atoms with Crippen LogP contribution in [0.15, 0.2) is 18.2 Å². The lowest BCUT2D eigenvalue weighted by Crippen LogP contribution is -2.48. The number of likely N-dealkylation sites (tertiary alicyclic amines) is 1. The highest BCUT2D eigenvalue weighted by Gasteiger charge is 2.32. The number of carboxylic acids is 1. The van der Waals surface area contributed by atoms with Gasteiger partial charge in [-0.3, -0.25) is 4.79 Å². The standard InChI is InChI=1S/C14H15F2NO3/c15-10-4-3-5-11(16)9(10)8-13(18)17-7-2-1-6-12(17)14(19)20/h3-5,12H,1-2,6-8H2,(H,19,20)/t12-/m0/s1. The van der Waals surface area contributed by atoms with Crippen molar-refractivity contribution >= 4 is 11.9 Å². The van der Waals surface area contributed by atoms with Gasteiger partial charge in [-0.05, 0) is 31.4 Å². The van der Waals surface area contributed by atoms with Crippen molar-refractivity contribution in [3.8, 4) is 0 Å². The zero-order valence-electron chi connectivity index (χ0n) is 10.8. The molecule has 0 spiro atoms. The summed E-state index contributed by atoms with van der Waals surface area (Å²) >= 11 is 0. The van der Waals surface area contributed by atoms with Crippen molar-refractivity contribution in [1.29, 1.82) is 0 Å². The van der Waals surface area contributed by atoms with Gasteiger partial charge >= 0.3 is 5.97 Å². The molecule has 108 valence electrons. The van der Waals surface area contributed by atoms with E-state index in [1.165, 1.54) is 11.0 Å². The Morgan fingerprint density at radius 3 is 2.50 bits per heavy atom. The van der Waals surface area contributed by atoms with Gasteiger partial charge in [0.15, 0.2) is 0 Å². The van der Waals surface area contributed by atoms with Crippen molar-refractivity contribution in [2.45, 2.75) is 31.7 Å². The van der Waals surface area contributed by atoms with Crippen LogP contribution in [0.2, 0.25) is 0 Å². The number of amides is 1. The minimum Gasteiger partial charge on any atom is -0.480 e. The average Bonchev–Trinajstić information content (AvgIpc) is 2.43. The van der Waals surface area contributed by atoms with E-state index >= 15 is 0 Å². The van der Waals surface area contributed by atoms with E-state index < -0.39 is 36.0 Å². The van der Waals surface area contributed by atoms with Gasteiger partial charge in [0.25, 0.3) is 0 Å². The summed E-state index contributed by atoms with van der Waals surface area (Å²) in [5.41, 5.74) is -0.313. The molecule has 1 aromatic carbocycles. The van der Waals surface area contributed by atoms with Gasteiger partial charge in [-0.25, -0.2) is 13.6 Å². The SMILES string of the molecule is O=C(O)[C@@H]1CCCCN1C(=O)Cc1c(F)cccc1F. The minimum atomic E-state index is -1.08. The number of benzene rings is 1. The maximum Gasteiger partial charge on any atom is 0.326 e. The molecule has 20 heavy (non-hydrogen) atoms. The minimum absolute atomic E-state index is 0.311. The molecule has 1 amide bonds. The van der Waals surface area contributed by atoms with Crippen LogP contribution >= 0.6 is 0 Å². The highest BCUT2D eigenvalue weighted by atomic mass is 19.1. The summed E-state index contributed by atoms with van der Waals surface area (Å²) < 4.78 is 27.0. The second-order valence-corrected chi connectivity index (χ2v) is 4.81. The predicted molar refractivity (Wildman–Crippen MR) is 67.0 cm³/mol. The molecule has 0 radical (unpaired) electrons. The fourth-order valence-electron chi connectivity index (χ4n) is 2.44. The summed E-state index contributed by atoms with van der Waals surface area (Å²) in [5, 5.41) is 9.09. The highest BCUT2D eigenvalue weighted by Crippen LogP contribution is 2.20. The molecule has 1 saturated heterocycles. The number of nitrogens with zero attached hydrogens (tertiary/aromatic N) is 1. The zero-order chi connectivity index (χ0) is 14.7. The van der Waals surface area contributed by atoms with Crippen LogP contribution in [0.4, 0.5) is 8.78 Å². The van der Waals surface area contributed by atoms with E-state index in [2.05, 4.69) is 0 Å². The molecule has 0 unspecified atom stereocenters. The van der Waals surface area contributed by atoms with Crippen molar-refractivity contribution in [3.63, 3.8) is 0 Å². The molecular weight excluding hydrogens is 268 g/mol. The van der Waals surface area contributed by atoms with Crippen molar-refractivity contribution in [2.75, 3.05) is 6.54 Å². The first-order chi connectivity index (χ1) is 9.50. The normalized spacial score (nSPS) is 18.9. The lowest BCUT2D eigenvalue weighted by atomic mass is 10.0. The first-order valence-electron chi connectivity index (χ1n) is 6.46. The molecule has 1 heterocycles. The fourth-order valence-corrected chi connectivity index (χ4v) is 2.44. The third kappa shape index (κ3) is 2.95. The second kappa shape index (κ2) is 5.98. The van der Waals surface area contributed by atoms with E-state index in [1.54, 1.807) is 0 Å². The van der Waals surface area contributed by atoms with E-state index in [0.717, 1.165) is 18.6 Å². The Labute approximate surface area is 115 Å². The summed E-state index contributed by atoms with van der Waals surface area (Å²) in [4.78, 5) is 24.4. The lowest BCUT2D eigenvalue weighted by molar-refractivity contribution is -0.151. The van der Waals surface area contributed by atoms with Crippen LogP contribution in [0.3, 0.4) is 0 Å². The molecule has 1 N–H and O–H groups in total. The Hall–Kier alpha value is -1.98. The van der Waals surface area contributed by atoms with Crippen molar-refractivity contribution in [1.82, 2.24) is 4.90 Å². The molecule has 1 atom stereocenters. The number of halogens is 2. The van der Waals surface area contributed by atoms with Crippen LogP contribution in [0.5, 0.6) is 0 Å². The van der Waals surface area contributed by atoms with Crippen LogP contribution in [0, 0.1) is 11.6 Å². The van der Waals surface area contributed by atoms with Crippen LogP contribution in [0.1, 0.15) is 24.8 Å². The van der Waals surface area contributed by atoms with Crippen LogP contribution in [-0.4, -0.2) is 34.5 Å². The number of rotatable bonds is 3. The molecule has 0 aliphatic carbocycles. The third-order valence-corrected chi connectivity index (χ3v) is 3.50. The maximum absolute atomic E-state index is 13.5. The van der Waals surface area contributed by atoms with E-state index in [9.17, 15) is 18.4 Å². The van der Waals surface area contributed by atoms with Gasteiger partial charge in [0, 0.05) is 12.1 Å². The van der Waals surface area contributed by atoms with Crippen LogP contribution in [-0.2, 0) is 16.0 Å². The van der Waals surface area contributed by atoms with Crippen molar-refractivity contribution < 1.29 is 23.5 Å². The number of hydrogen-bond acceptors (Lipinski definition) is 2. The molecule has 2 rings (SSSR count). The summed E-state index contributed by atoms with van der Waals surface area (Å²) in [6.07, 6.45) is 1.35. The Bertz CT molecular complexity index is 513. The molecule has 1 aromatic rings. The summed E-state index contributed by atoms with van der Waals surface area (Å²) in [5.74, 6) is -3.21. The molecule has 6 heteroatoms. The Balaban J connectivity index is 2.16. The molecule has 0 aromatic heterocycles. The number of piperidine rings is 1. The van der Waals surface area contributed by atoms with Gasteiger partial charge in [-0.15, -0.1) is 0 Å². The van der Waals surface area contributed by atoms with E-state index in [-0.39, 0.29) is 5.56 Å². The number of carboxylic acid groups (broad SMARTS) is 1. The van der Waals surface area contributed by atoms with E-state index in [1.807, 2.05) is 0 Å². The first kappa shape index (κ1) is 14.4. The topological polar surface area (TPSA) is 57.6 Å². The zero-order valence-corrected chi connectivity index (χ0v) is 10.8. The average molecular weight is 283 g/mol. The predicted octanol–water partition coefficient (Wildman–Crippen LogP) is 1.97. The summed E-state index contributed by atoms with van der Waals surface area (Å²) in [7, 11) is 0. The molecule has 0 bridgehead atoms. The largest absolute Gasteiger partial charge is 0.480 e. The van der Waals surface area contributed by atoms with Gasteiger partial charge in [-0.1, -0.05) is 6.07 Å². The van der Waals surface area contributed by atoms with Gasteiger partial charge in [-0.2, -0.15) is 0 Å². The number of carbonyl (C=O) groups excluding carboxylic acids is 1. The first-order valence-corrected chi connectivity index (χ1v) is 6.46. The highest BCUT2D eigenvalue weighted by molar-refractivity contribution is 5.85. The third-order valence-electron chi connectivity index (χ3n) is 3.50. The molecule has 0 saturated carbocycles. The summed E-state index contributed by atoms with van der Waals surface area (Å²) in [6, 6.07) is 2.48. The van der Waals surface area contributed by atoms with E-state index in [4.69, 9.17) is 5.11 Å². The van der Waals surface area contributed by atoms with Gasteiger partial charge < -0.3 is 10.0 Å². The second-order valence-electron chi connectivity index (χ2n) is 4.81. The Morgan fingerprint density at radius 1 is 1.25 bits per heavy atom. The maximum atomic E-state index is 13.5. The number of aliphatic carboxylic acids is 1. The van der Waals surface area contributed by atoms with Gasteiger partial charge in [0.2, 0.25) is 5.91 Å². The monoisotopic (exact) mass is 283 g/mol. The quantitative estimate of drug-likeness (QED) is 0.922. The Morgan fingerprint density at radius 2 is 1.90 bits per heavy atom. The smallest absolute Gasteiger partial charge is 0.326 e. The van der Waals surface area contributed by atoms with E-state index in [0.29, 0.717) is 19.4 Å². The Kier molecular flexibility index (Phi) is 4.32. The number of hydrogen-bond donors (Lipinski definition) is 1. The van der Waals surface area contributed by atoms with Crippen LogP contribution in [0.25, 0.3) is 0 Å². The molecule has 1 aliphatic rings. The lowest BCUT2D eigenvalue weighted by Gasteiger charge is -2.33. The van der Waals surface area contributed by atoms with Crippen molar-refractivity contribution in [3.05, 3.63) is 35.4 Å². The van der Waals surface area contributed by atoms with Gasteiger partial charge in [0.1, 0.15) is 17.7 Å². The molecular formula is C14H15F2NO3. The fraction of sp³-hybridized carbons (Fsp3) is 0.429. The van der Waals surface area contributed by atoms with Crippen molar-refractivity contribution in [2.24, 2.45) is 0 Å². The summed E-state index contributed by atoms with van der Waals surface area (Å²) in [6.45, 7) is 0.311. The molecule has 1 aliphatic heterocycles. The molecule has 1 fully saturated rings. The van der Waals surface area contributed by atoms with Crippen LogP contribution < -0.4 is 0 Å². The van der Waals surface area contributed by atoms with Gasteiger partial charge in [0.05, 0.1) is 6.42 Å². The number of carbonyl (C=O) groups is 2. The molecule has 4 nitrogen and oxygen atoms in total.